The van der Waals surface area contributed by atoms with Crippen molar-refractivity contribution in [3.05, 3.63) is 69.7 Å². The molecule has 2 aromatic rings. The van der Waals surface area contributed by atoms with Crippen LogP contribution < -0.4 is 0 Å². The van der Waals surface area contributed by atoms with Crippen LogP contribution in [0.1, 0.15) is 41.6 Å². The number of carbonyl (C=O) groups excluding carboxylic acids is 1. The maximum absolute atomic E-state index is 13.4. The summed E-state index contributed by atoms with van der Waals surface area (Å²) in [5.41, 5.74) is 5.32. The van der Waals surface area contributed by atoms with Crippen molar-refractivity contribution in [2.24, 2.45) is 5.10 Å². The van der Waals surface area contributed by atoms with Crippen LogP contribution in [0.4, 0.5) is 0 Å². The largest absolute Gasteiger partial charge is 0.301 e. The van der Waals surface area contributed by atoms with Gasteiger partial charge in [-0.2, -0.15) is 5.10 Å². The first-order valence-corrected chi connectivity index (χ1v) is 11.5. The molecule has 2 aromatic carbocycles. The van der Waals surface area contributed by atoms with Crippen LogP contribution in [0.3, 0.4) is 0 Å². The quantitative estimate of drug-likeness (QED) is 0.699. The van der Waals surface area contributed by atoms with Gasteiger partial charge in [0.1, 0.15) is 0 Å². The predicted octanol–water partition coefficient (Wildman–Crippen LogP) is 4.27. The lowest BCUT2D eigenvalue weighted by atomic mass is 9.94. The van der Waals surface area contributed by atoms with E-state index in [1.165, 1.54) is 11.1 Å². The van der Waals surface area contributed by atoms with Crippen LogP contribution in [0.15, 0.2) is 47.6 Å². The first kappa shape index (κ1) is 22.0. The fourth-order valence-corrected chi connectivity index (χ4v) is 4.73. The van der Waals surface area contributed by atoms with Crippen LogP contribution in [0.25, 0.3) is 0 Å². The summed E-state index contributed by atoms with van der Waals surface area (Å²) in [6.07, 6.45) is 0.670. The van der Waals surface area contributed by atoms with Crippen molar-refractivity contribution in [3.63, 3.8) is 0 Å². The second kappa shape index (κ2) is 9.51. The van der Waals surface area contributed by atoms with Crippen molar-refractivity contribution in [2.45, 2.75) is 33.2 Å². The first-order chi connectivity index (χ1) is 15.0. The van der Waals surface area contributed by atoms with E-state index >= 15 is 0 Å². The second-order valence-corrected chi connectivity index (χ2v) is 8.96. The summed E-state index contributed by atoms with van der Waals surface area (Å²) >= 11 is 6.47. The van der Waals surface area contributed by atoms with Crippen molar-refractivity contribution in [1.82, 2.24) is 14.8 Å². The summed E-state index contributed by atoms with van der Waals surface area (Å²) < 4.78 is 0. The molecule has 0 saturated carbocycles. The fraction of sp³-hybridized carbons (Fsp3) is 0.440. The molecule has 1 saturated heterocycles. The maximum Gasteiger partial charge on any atom is 0.257 e. The summed E-state index contributed by atoms with van der Waals surface area (Å²) in [5.74, 6) is 0.0536. The number of hydrazone groups is 1. The Bertz CT molecular complexity index is 981. The van der Waals surface area contributed by atoms with Gasteiger partial charge in [-0.15, -0.1) is 0 Å². The van der Waals surface area contributed by atoms with Gasteiger partial charge in [-0.3, -0.25) is 9.69 Å². The molecule has 6 heteroatoms. The number of amides is 1. The molecule has 164 valence electrons. The van der Waals surface area contributed by atoms with E-state index in [-0.39, 0.29) is 11.9 Å². The highest BCUT2D eigenvalue weighted by Gasteiger charge is 2.35. The summed E-state index contributed by atoms with van der Waals surface area (Å²) in [4.78, 5) is 18.1. The molecule has 31 heavy (non-hydrogen) atoms. The van der Waals surface area contributed by atoms with Crippen LogP contribution in [0.2, 0.25) is 5.02 Å². The van der Waals surface area contributed by atoms with Gasteiger partial charge in [0.25, 0.3) is 5.91 Å². The molecule has 1 fully saturated rings. The Labute approximate surface area is 190 Å². The minimum atomic E-state index is -0.101. The van der Waals surface area contributed by atoms with Gasteiger partial charge in [0.05, 0.1) is 18.3 Å². The van der Waals surface area contributed by atoms with Crippen molar-refractivity contribution in [3.8, 4) is 0 Å². The highest BCUT2D eigenvalue weighted by molar-refractivity contribution is 6.34. The summed E-state index contributed by atoms with van der Waals surface area (Å²) in [5, 5.41) is 7.21. The summed E-state index contributed by atoms with van der Waals surface area (Å²) in [7, 11) is 0. The molecular weight excluding hydrogens is 408 g/mol. The molecule has 4 rings (SSSR count). The Kier molecular flexibility index (Phi) is 6.75. The lowest BCUT2D eigenvalue weighted by molar-refractivity contribution is -0.134. The van der Waals surface area contributed by atoms with Crippen LogP contribution in [-0.2, 0) is 4.79 Å². The molecule has 5 nitrogen and oxygen atoms in total. The Morgan fingerprint density at radius 2 is 1.77 bits per heavy atom. The Balaban J connectivity index is 1.61. The van der Waals surface area contributed by atoms with Crippen molar-refractivity contribution >= 4 is 23.2 Å². The Morgan fingerprint density at radius 1 is 1.06 bits per heavy atom. The highest BCUT2D eigenvalue weighted by Crippen LogP contribution is 2.36. The fourth-order valence-electron chi connectivity index (χ4n) is 4.49. The van der Waals surface area contributed by atoms with E-state index in [4.69, 9.17) is 16.7 Å². The number of carbonyl (C=O) groups is 1. The first-order valence-electron chi connectivity index (χ1n) is 11.1. The van der Waals surface area contributed by atoms with Crippen LogP contribution in [0, 0.1) is 13.8 Å². The van der Waals surface area contributed by atoms with Crippen LogP contribution >= 0.6 is 11.6 Å². The van der Waals surface area contributed by atoms with E-state index in [0.717, 1.165) is 49.6 Å². The normalized spacial score (nSPS) is 20.2. The zero-order valence-corrected chi connectivity index (χ0v) is 19.4. The third-order valence-corrected chi connectivity index (χ3v) is 6.74. The van der Waals surface area contributed by atoms with Gasteiger partial charge in [0, 0.05) is 43.2 Å². The molecular formula is C25H31ClN4O. The molecule has 1 atom stereocenters. The van der Waals surface area contributed by atoms with E-state index in [0.29, 0.717) is 18.0 Å². The molecule has 0 bridgehead atoms. The molecule has 1 amide bonds. The smallest absolute Gasteiger partial charge is 0.257 e. The second-order valence-electron chi connectivity index (χ2n) is 8.56. The molecule has 0 unspecified atom stereocenters. The van der Waals surface area contributed by atoms with E-state index in [9.17, 15) is 4.79 Å². The van der Waals surface area contributed by atoms with Gasteiger partial charge in [0.2, 0.25) is 0 Å². The number of rotatable bonds is 5. The average Bonchev–Trinajstić information content (AvgIpc) is 3.21. The molecule has 2 aliphatic rings. The van der Waals surface area contributed by atoms with Crippen molar-refractivity contribution < 1.29 is 4.79 Å². The molecule has 0 N–H and O–H groups in total. The molecule has 2 heterocycles. The van der Waals surface area contributed by atoms with Crippen molar-refractivity contribution in [1.29, 1.82) is 0 Å². The SMILES string of the molecule is CCN1CCN(CC(=O)N2N=C(c3ccccc3Cl)C[C@@H]2c2cc(C)ccc2C)CC1. The number of aryl methyl sites for hydroxylation is 2. The van der Waals surface area contributed by atoms with Gasteiger partial charge in [-0.05, 0) is 37.6 Å². The van der Waals surface area contributed by atoms with Crippen LogP contribution in [-0.4, -0.2) is 65.7 Å². The Morgan fingerprint density at radius 3 is 2.48 bits per heavy atom. The molecule has 0 aromatic heterocycles. The summed E-state index contributed by atoms with van der Waals surface area (Å²) in [6.45, 7) is 11.7. The van der Waals surface area contributed by atoms with Gasteiger partial charge in [-0.1, -0.05) is 60.5 Å². The van der Waals surface area contributed by atoms with Crippen molar-refractivity contribution in [2.75, 3.05) is 39.3 Å². The minimum absolute atomic E-state index is 0.0536. The number of halogens is 1. The maximum atomic E-state index is 13.4. The van der Waals surface area contributed by atoms with Gasteiger partial charge in [-0.25, -0.2) is 5.01 Å². The van der Waals surface area contributed by atoms with Gasteiger partial charge in [0.15, 0.2) is 0 Å². The number of hydrogen-bond donors (Lipinski definition) is 0. The minimum Gasteiger partial charge on any atom is -0.301 e. The third kappa shape index (κ3) is 4.84. The zero-order chi connectivity index (χ0) is 22.0. The average molecular weight is 439 g/mol. The lowest BCUT2D eigenvalue weighted by Gasteiger charge is -2.34. The van der Waals surface area contributed by atoms with Gasteiger partial charge >= 0.3 is 0 Å². The third-order valence-electron chi connectivity index (χ3n) is 6.42. The van der Waals surface area contributed by atoms with E-state index in [1.54, 1.807) is 5.01 Å². The summed E-state index contributed by atoms with van der Waals surface area (Å²) in [6, 6.07) is 14.1. The Hall–Kier alpha value is -2.21. The molecule has 0 radical (unpaired) electrons. The molecule has 0 aliphatic carbocycles. The zero-order valence-electron chi connectivity index (χ0n) is 18.6. The number of nitrogens with zero attached hydrogens (tertiary/aromatic N) is 4. The van der Waals surface area contributed by atoms with Gasteiger partial charge < -0.3 is 4.90 Å². The van der Waals surface area contributed by atoms with Crippen LogP contribution in [0.5, 0.6) is 0 Å². The predicted molar refractivity (Wildman–Crippen MR) is 127 cm³/mol. The monoisotopic (exact) mass is 438 g/mol. The number of likely N-dealkylation sites (N-methyl/N-ethyl adjacent to an activating group) is 1. The number of benzene rings is 2. The highest BCUT2D eigenvalue weighted by atomic mass is 35.5. The standard InChI is InChI=1S/C25H31ClN4O/c1-4-28-11-13-29(14-12-28)17-25(31)30-24(21-15-18(2)9-10-19(21)3)16-23(27-30)20-7-5-6-8-22(20)26/h5-10,15,24H,4,11-14,16-17H2,1-3H3/t24-/m1/s1. The van der Waals surface area contributed by atoms with E-state index < -0.39 is 0 Å². The molecule has 2 aliphatic heterocycles. The topological polar surface area (TPSA) is 39.1 Å². The lowest BCUT2D eigenvalue weighted by Crippen LogP contribution is -2.49. The van der Waals surface area contributed by atoms with E-state index in [2.05, 4.69) is 48.8 Å². The number of hydrogen-bond acceptors (Lipinski definition) is 4. The van der Waals surface area contributed by atoms with E-state index in [1.807, 2.05) is 24.3 Å². The molecule has 0 spiro atoms. The number of piperazine rings is 1.